The Morgan fingerprint density at radius 2 is 1.96 bits per heavy atom. The van der Waals surface area contributed by atoms with Crippen molar-refractivity contribution in [2.24, 2.45) is 9.98 Å². The standard InChI is InChI=1S/C6H5N5O.C5H6N6/c1-7-4-3-5(9-2-8-4)11-6(12)10-3;6-4-8-1-2-3(10-4)11-5(7)9-2/h2H,1H3,(H,7,8,9,11,12);1H,(H5,6,7,8,9,10,11). The number of anilines is 3. The SMILES string of the molecule is CNc1ncnc2c1=NC(=O)N=2.Nc1ncc2[nH]c(N)nc2n1. The number of nitrogens with two attached hydrogens (primary N) is 2. The maximum Gasteiger partial charge on any atom is 0.369 e. The molecule has 116 valence electrons. The second-order valence-electron chi connectivity index (χ2n) is 4.24. The topological polar surface area (TPSA) is 186 Å². The van der Waals surface area contributed by atoms with Crippen molar-refractivity contribution in [1.29, 1.82) is 0 Å². The van der Waals surface area contributed by atoms with Gasteiger partial charge in [0, 0.05) is 7.05 Å². The lowest BCUT2D eigenvalue weighted by Crippen LogP contribution is -2.29. The summed E-state index contributed by atoms with van der Waals surface area (Å²) in [4.78, 5) is 39.8. The van der Waals surface area contributed by atoms with Crippen molar-refractivity contribution < 1.29 is 4.79 Å². The van der Waals surface area contributed by atoms with E-state index in [2.05, 4.69) is 45.2 Å². The van der Waals surface area contributed by atoms with Crippen LogP contribution < -0.4 is 27.6 Å². The third-order valence-corrected chi connectivity index (χ3v) is 2.73. The zero-order chi connectivity index (χ0) is 16.4. The quantitative estimate of drug-likeness (QED) is 0.410. The molecule has 3 aromatic rings. The minimum atomic E-state index is -0.526. The lowest BCUT2D eigenvalue weighted by Gasteiger charge is -1.93. The summed E-state index contributed by atoms with van der Waals surface area (Å²) in [5.41, 5.74) is 12.2. The van der Waals surface area contributed by atoms with Gasteiger partial charge in [0.25, 0.3) is 0 Å². The highest BCUT2D eigenvalue weighted by Crippen LogP contribution is 2.08. The number of rotatable bonds is 1. The summed E-state index contributed by atoms with van der Waals surface area (Å²) in [7, 11) is 1.70. The molecular weight excluding hydrogens is 302 g/mol. The number of nitrogens with zero attached hydrogens (tertiary/aromatic N) is 7. The van der Waals surface area contributed by atoms with Crippen LogP contribution in [0, 0.1) is 0 Å². The van der Waals surface area contributed by atoms with E-state index in [0.29, 0.717) is 33.8 Å². The number of imidazole rings is 1. The minimum Gasteiger partial charge on any atom is -0.371 e. The Kier molecular flexibility index (Phi) is 3.46. The van der Waals surface area contributed by atoms with Crippen LogP contribution in [0.25, 0.3) is 11.2 Å². The summed E-state index contributed by atoms with van der Waals surface area (Å²) in [5, 5.41) is 3.21. The molecule has 0 unspecified atom stereocenters. The number of hydrogen-bond acceptors (Lipinski definition) is 9. The molecule has 0 radical (unpaired) electrons. The van der Waals surface area contributed by atoms with Gasteiger partial charge in [-0.2, -0.15) is 20.0 Å². The first-order chi connectivity index (χ1) is 11.1. The molecule has 0 saturated carbocycles. The first-order valence-corrected chi connectivity index (χ1v) is 6.30. The van der Waals surface area contributed by atoms with Crippen LogP contribution in [0.2, 0.25) is 0 Å². The van der Waals surface area contributed by atoms with E-state index in [-0.39, 0.29) is 5.95 Å². The predicted octanol–water partition coefficient (Wildman–Crippen LogP) is -1.59. The summed E-state index contributed by atoms with van der Waals surface area (Å²) >= 11 is 0. The molecule has 0 aliphatic carbocycles. The number of aromatic nitrogens is 6. The van der Waals surface area contributed by atoms with Crippen molar-refractivity contribution in [3.8, 4) is 0 Å². The van der Waals surface area contributed by atoms with E-state index >= 15 is 0 Å². The van der Waals surface area contributed by atoms with Crippen LogP contribution in [0.4, 0.5) is 22.5 Å². The molecule has 0 fully saturated rings. The molecule has 0 saturated heterocycles. The van der Waals surface area contributed by atoms with Crippen molar-refractivity contribution in [1.82, 2.24) is 29.9 Å². The molecule has 12 heteroatoms. The summed E-state index contributed by atoms with van der Waals surface area (Å²) in [6, 6.07) is -0.526. The van der Waals surface area contributed by atoms with Crippen molar-refractivity contribution in [2.45, 2.75) is 0 Å². The van der Waals surface area contributed by atoms with E-state index in [1.807, 2.05) is 0 Å². The van der Waals surface area contributed by atoms with E-state index < -0.39 is 6.03 Å². The number of fused-ring (bicyclic) bond motifs is 2. The van der Waals surface area contributed by atoms with Gasteiger partial charge in [-0.3, -0.25) is 0 Å². The molecule has 2 amide bonds. The number of amides is 2. The van der Waals surface area contributed by atoms with Gasteiger partial charge in [-0.25, -0.2) is 19.7 Å². The highest BCUT2D eigenvalue weighted by molar-refractivity contribution is 5.77. The molecule has 6 N–H and O–H groups in total. The van der Waals surface area contributed by atoms with Gasteiger partial charge in [0.2, 0.25) is 5.95 Å². The number of carbonyl (C=O) groups excluding carboxylic acids is 1. The summed E-state index contributed by atoms with van der Waals surface area (Å²) in [6.07, 6.45) is 2.88. The molecule has 0 atom stereocenters. The van der Waals surface area contributed by atoms with Gasteiger partial charge in [0.05, 0.1) is 6.20 Å². The average molecular weight is 313 g/mol. The van der Waals surface area contributed by atoms with Crippen molar-refractivity contribution in [2.75, 3.05) is 23.8 Å². The van der Waals surface area contributed by atoms with Crippen LogP contribution in [0.3, 0.4) is 0 Å². The van der Waals surface area contributed by atoms with E-state index in [0.717, 1.165) is 0 Å². The molecule has 1 aliphatic rings. The number of nitrogens with one attached hydrogen (secondary N) is 2. The fourth-order valence-electron chi connectivity index (χ4n) is 1.79. The Bertz CT molecular complexity index is 1010. The first kappa shape index (κ1) is 14.2. The van der Waals surface area contributed by atoms with Crippen LogP contribution in [0.1, 0.15) is 0 Å². The third kappa shape index (κ3) is 2.85. The zero-order valence-electron chi connectivity index (χ0n) is 11.8. The van der Waals surface area contributed by atoms with Crippen LogP contribution in [-0.2, 0) is 0 Å². The maximum absolute atomic E-state index is 10.7. The zero-order valence-corrected chi connectivity index (χ0v) is 11.8. The molecule has 1 aliphatic heterocycles. The van der Waals surface area contributed by atoms with Crippen molar-refractivity contribution in [3.05, 3.63) is 23.4 Å². The normalized spacial score (nSPS) is 12.0. The van der Waals surface area contributed by atoms with Crippen LogP contribution in [0.15, 0.2) is 22.5 Å². The van der Waals surface area contributed by atoms with Crippen molar-refractivity contribution >= 4 is 34.9 Å². The predicted molar refractivity (Wildman–Crippen MR) is 79.8 cm³/mol. The summed E-state index contributed by atoms with van der Waals surface area (Å²) in [6.45, 7) is 0. The Labute approximate surface area is 127 Å². The smallest absolute Gasteiger partial charge is 0.369 e. The second-order valence-corrected chi connectivity index (χ2v) is 4.24. The summed E-state index contributed by atoms with van der Waals surface area (Å²) in [5.74, 6) is 1.04. The van der Waals surface area contributed by atoms with Crippen LogP contribution in [0.5, 0.6) is 0 Å². The highest BCUT2D eigenvalue weighted by atomic mass is 16.2. The van der Waals surface area contributed by atoms with Crippen LogP contribution >= 0.6 is 0 Å². The first-order valence-electron chi connectivity index (χ1n) is 6.30. The van der Waals surface area contributed by atoms with Gasteiger partial charge < -0.3 is 21.8 Å². The average Bonchev–Trinajstić information content (AvgIpc) is 3.07. The number of carbonyl (C=O) groups is 1. The van der Waals surface area contributed by atoms with Gasteiger partial charge in [-0.05, 0) is 0 Å². The van der Waals surface area contributed by atoms with Crippen LogP contribution in [-0.4, -0.2) is 43.0 Å². The van der Waals surface area contributed by atoms with E-state index in [1.54, 1.807) is 13.2 Å². The number of urea groups is 1. The largest absolute Gasteiger partial charge is 0.371 e. The van der Waals surface area contributed by atoms with E-state index in [4.69, 9.17) is 11.5 Å². The third-order valence-electron chi connectivity index (χ3n) is 2.73. The van der Waals surface area contributed by atoms with E-state index in [9.17, 15) is 4.79 Å². The lowest BCUT2D eigenvalue weighted by atomic mass is 10.5. The second kappa shape index (κ2) is 5.59. The molecule has 23 heavy (non-hydrogen) atoms. The molecule has 4 heterocycles. The monoisotopic (exact) mass is 313 g/mol. The maximum atomic E-state index is 10.7. The number of nitrogen functional groups attached to an aromatic ring is 2. The van der Waals surface area contributed by atoms with Gasteiger partial charge in [-0.1, -0.05) is 0 Å². The van der Waals surface area contributed by atoms with Gasteiger partial charge in [0.15, 0.2) is 28.3 Å². The van der Waals surface area contributed by atoms with E-state index in [1.165, 1.54) is 6.33 Å². The lowest BCUT2D eigenvalue weighted by molar-refractivity contribution is 0.256. The molecule has 0 spiro atoms. The number of aromatic amines is 1. The van der Waals surface area contributed by atoms with Gasteiger partial charge >= 0.3 is 6.03 Å². The Balaban J connectivity index is 0.000000136. The Hall–Kier alpha value is -3.70. The molecular formula is C11H11N11O. The molecule has 0 bridgehead atoms. The van der Waals surface area contributed by atoms with Gasteiger partial charge in [-0.15, -0.1) is 0 Å². The van der Waals surface area contributed by atoms with Crippen molar-refractivity contribution in [3.63, 3.8) is 0 Å². The molecule has 12 nitrogen and oxygen atoms in total. The molecule has 4 rings (SSSR count). The Morgan fingerprint density at radius 1 is 1.13 bits per heavy atom. The number of H-pyrrole nitrogens is 1. The summed E-state index contributed by atoms with van der Waals surface area (Å²) < 4.78 is 0. The number of hydrogen-bond donors (Lipinski definition) is 4. The molecule has 3 aromatic heterocycles. The molecule has 0 aromatic carbocycles. The van der Waals surface area contributed by atoms with Gasteiger partial charge in [0.1, 0.15) is 11.8 Å². The highest BCUT2D eigenvalue weighted by Gasteiger charge is 2.09. The Morgan fingerprint density at radius 3 is 2.74 bits per heavy atom. The minimum absolute atomic E-state index is 0.198. The fourth-order valence-corrected chi connectivity index (χ4v) is 1.79. The fraction of sp³-hybridized carbons (Fsp3) is 0.0909.